The third-order valence-corrected chi connectivity index (χ3v) is 4.56. The maximum Gasteiger partial charge on any atom is 0.203 e. The minimum absolute atomic E-state index is 0.0939. The van der Waals surface area contributed by atoms with E-state index in [9.17, 15) is 4.79 Å². The Labute approximate surface area is 118 Å². The van der Waals surface area contributed by atoms with Crippen molar-refractivity contribution in [2.75, 3.05) is 0 Å². The number of rotatable bonds is 2. The molecule has 0 unspecified atom stereocenters. The predicted octanol–water partition coefficient (Wildman–Crippen LogP) is 5.25. The minimum Gasteiger partial charge on any atom is -0.288 e. The molecule has 1 aromatic heterocycles. The van der Waals surface area contributed by atoms with Gasteiger partial charge in [0.1, 0.15) is 0 Å². The smallest absolute Gasteiger partial charge is 0.203 e. The molecule has 0 fully saturated rings. The van der Waals surface area contributed by atoms with Crippen LogP contribution in [0.5, 0.6) is 0 Å². The molecule has 0 saturated heterocycles. The van der Waals surface area contributed by atoms with Crippen molar-refractivity contribution in [1.29, 1.82) is 0 Å². The number of halogens is 3. The maximum absolute atomic E-state index is 12.1. The molecule has 0 aliphatic heterocycles. The van der Waals surface area contributed by atoms with Crippen LogP contribution < -0.4 is 0 Å². The Morgan fingerprint density at radius 1 is 1.12 bits per heavy atom. The monoisotopic (exact) mass is 304 g/mol. The summed E-state index contributed by atoms with van der Waals surface area (Å²) >= 11 is 18.9. The average Bonchev–Trinajstić information content (AvgIpc) is 2.62. The molecule has 0 spiro atoms. The topological polar surface area (TPSA) is 17.1 Å². The van der Waals surface area contributed by atoms with Crippen LogP contribution in [0.15, 0.2) is 24.3 Å². The fourth-order valence-electron chi connectivity index (χ4n) is 1.35. The van der Waals surface area contributed by atoms with E-state index in [1.54, 1.807) is 24.3 Å². The van der Waals surface area contributed by atoms with Crippen molar-refractivity contribution in [2.45, 2.75) is 6.92 Å². The molecule has 2 rings (SSSR count). The zero-order chi connectivity index (χ0) is 12.6. The number of aryl methyl sites for hydroxylation is 1. The van der Waals surface area contributed by atoms with E-state index in [2.05, 4.69) is 0 Å². The first-order chi connectivity index (χ1) is 7.99. The van der Waals surface area contributed by atoms with Gasteiger partial charge < -0.3 is 0 Å². The summed E-state index contributed by atoms with van der Waals surface area (Å²) in [4.78, 5) is 12.7. The fraction of sp³-hybridized carbons (Fsp3) is 0.0833. The Bertz CT molecular complexity index is 570. The van der Waals surface area contributed by atoms with E-state index in [0.29, 0.717) is 24.8 Å². The minimum atomic E-state index is -0.0939. The summed E-state index contributed by atoms with van der Waals surface area (Å²) < 4.78 is 0.633. The fourth-order valence-corrected chi connectivity index (χ4v) is 2.81. The SMILES string of the molecule is Cc1cc(C(=O)c2ccc(Cl)c(Cl)c2)sc1Cl. The highest BCUT2D eigenvalue weighted by Crippen LogP contribution is 2.30. The molecule has 17 heavy (non-hydrogen) atoms. The number of benzene rings is 1. The van der Waals surface area contributed by atoms with E-state index in [1.807, 2.05) is 6.92 Å². The number of ketones is 1. The Morgan fingerprint density at radius 3 is 2.35 bits per heavy atom. The van der Waals surface area contributed by atoms with Gasteiger partial charge in [-0.15, -0.1) is 11.3 Å². The van der Waals surface area contributed by atoms with E-state index in [4.69, 9.17) is 34.8 Å². The van der Waals surface area contributed by atoms with Crippen molar-refractivity contribution in [3.63, 3.8) is 0 Å². The molecular weight excluding hydrogens is 299 g/mol. The van der Waals surface area contributed by atoms with Gasteiger partial charge in [0.25, 0.3) is 0 Å². The summed E-state index contributed by atoms with van der Waals surface area (Å²) in [6, 6.07) is 6.60. The lowest BCUT2D eigenvalue weighted by Gasteiger charge is -2.00. The standard InChI is InChI=1S/C12H7Cl3OS/c1-6-4-10(17-12(6)15)11(16)7-2-3-8(13)9(14)5-7/h2-5H,1H3. The first kappa shape index (κ1) is 12.9. The molecule has 88 valence electrons. The van der Waals surface area contributed by atoms with Gasteiger partial charge >= 0.3 is 0 Å². The third kappa shape index (κ3) is 2.66. The summed E-state index contributed by atoms with van der Waals surface area (Å²) in [7, 11) is 0. The van der Waals surface area contributed by atoms with Crippen LogP contribution in [0.1, 0.15) is 20.8 Å². The van der Waals surface area contributed by atoms with Crippen molar-refractivity contribution in [3.05, 3.63) is 54.7 Å². The van der Waals surface area contributed by atoms with Crippen molar-refractivity contribution >= 4 is 51.9 Å². The van der Waals surface area contributed by atoms with Crippen LogP contribution >= 0.6 is 46.1 Å². The zero-order valence-corrected chi connectivity index (χ0v) is 11.8. The largest absolute Gasteiger partial charge is 0.288 e. The molecule has 0 aliphatic rings. The number of carbonyl (C=O) groups is 1. The Balaban J connectivity index is 2.40. The van der Waals surface area contributed by atoms with Gasteiger partial charge in [-0.2, -0.15) is 0 Å². The molecule has 1 heterocycles. The lowest BCUT2D eigenvalue weighted by Crippen LogP contribution is -1.98. The van der Waals surface area contributed by atoms with Crippen molar-refractivity contribution in [2.24, 2.45) is 0 Å². The Hall–Kier alpha value is -0.540. The lowest BCUT2D eigenvalue weighted by atomic mass is 10.1. The van der Waals surface area contributed by atoms with Crippen molar-refractivity contribution in [1.82, 2.24) is 0 Å². The number of thiophene rings is 1. The number of hydrogen-bond acceptors (Lipinski definition) is 2. The van der Waals surface area contributed by atoms with Gasteiger partial charge in [0.15, 0.2) is 0 Å². The second kappa shape index (κ2) is 4.99. The zero-order valence-electron chi connectivity index (χ0n) is 8.76. The normalized spacial score (nSPS) is 10.6. The first-order valence-electron chi connectivity index (χ1n) is 4.74. The average molecular weight is 306 g/mol. The second-order valence-electron chi connectivity index (χ2n) is 3.53. The highest BCUT2D eigenvalue weighted by atomic mass is 35.5. The van der Waals surface area contributed by atoms with Gasteiger partial charge in [0, 0.05) is 5.56 Å². The van der Waals surface area contributed by atoms with Gasteiger partial charge in [-0.3, -0.25) is 4.79 Å². The lowest BCUT2D eigenvalue weighted by molar-refractivity contribution is 0.104. The second-order valence-corrected chi connectivity index (χ2v) is 5.99. The summed E-state index contributed by atoms with van der Waals surface area (Å²) in [5.41, 5.74) is 1.41. The van der Waals surface area contributed by atoms with Crippen LogP contribution in [-0.4, -0.2) is 5.78 Å². The van der Waals surface area contributed by atoms with E-state index < -0.39 is 0 Å². The molecule has 0 radical (unpaired) electrons. The van der Waals surface area contributed by atoms with Gasteiger partial charge in [0.05, 0.1) is 19.3 Å². The molecule has 2 aromatic rings. The Morgan fingerprint density at radius 2 is 1.82 bits per heavy atom. The van der Waals surface area contributed by atoms with Crippen LogP contribution in [0.25, 0.3) is 0 Å². The van der Waals surface area contributed by atoms with Crippen LogP contribution in [0.2, 0.25) is 14.4 Å². The number of carbonyl (C=O) groups excluding carboxylic acids is 1. The van der Waals surface area contributed by atoms with E-state index in [-0.39, 0.29) is 5.78 Å². The molecule has 0 atom stereocenters. The van der Waals surface area contributed by atoms with Crippen molar-refractivity contribution in [3.8, 4) is 0 Å². The third-order valence-electron chi connectivity index (χ3n) is 2.26. The summed E-state index contributed by atoms with van der Waals surface area (Å²) in [5, 5.41) is 0.806. The van der Waals surface area contributed by atoms with Crippen LogP contribution in [0.3, 0.4) is 0 Å². The molecular formula is C12H7Cl3OS. The van der Waals surface area contributed by atoms with Gasteiger partial charge in [-0.1, -0.05) is 34.8 Å². The molecule has 0 amide bonds. The molecule has 1 aromatic carbocycles. The Kier molecular flexibility index (Phi) is 3.79. The first-order valence-corrected chi connectivity index (χ1v) is 6.70. The van der Waals surface area contributed by atoms with Crippen LogP contribution in [0, 0.1) is 6.92 Å². The molecule has 0 bridgehead atoms. The van der Waals surface area contributed by atoms with Gasteiger partial charge in [0.2, 0.25) is 5.78 Å². The van der Waals surface area contributed by atoms with Crippen LogP contribution in [0.4, 0.5) is 0 Å². The number of hydrogen-bond donors (Lipinski definition) is 0. The molecule has 0 aliphatic carbocycles. The molecule has 5 heteroatoms. The quantitative estimate of drug-likeness (QED) is 0.693. The summed E-state index contributed by atoms with van der Waals surface area (Å²) in [5.74, 6) is -0.0939. The van der Waals surface area contributed by atoms with E-state index in [1.165, 1.54) is 11.3 Å². The summed E-state index contributed by atoms with van der Waals surface area (Å²) in [6.45, 7) is 1.87. The highest BCUT2D eigenvalue weighted by molar-refractivity contribution is 7.18. The summed E-state index contributed by atoms with van der Waals surface area (Å²) in [6.07, 6.45) is 0. The molecule has 0 N–H and O–H groups in total. The van der Waals surface area contributed by atoms with Gasteiger partial charge in [-0.05, 0) is 36.8 Å². The molecule has 0 saturated carbocycles. The van der Waals surface area contributed by atoms with Crippen molar-refractivity contribution < 1.29 is 4.79 Å². The van der Waals surface area contributed by atoms with E-state index in [0.717, 1.165) is 5.56 Å². The van der Waals surface area contributed by atoms with E-state index >= 15 is 0 Å². The maximum atomic E-state index is 12.1. The van der Waals surface area contributed by atoms with Crippen LogP contribution in [-0.2, 0) is 0 Å². The van der Waals surface area contributed by atoms with Gasteiger partial charge in [-0.25, -0.2) is 0 Å². The predicted molar refractivity (Wildman–Crippen MR) is 74.0 cm³/mol. The highest BCUT2D eigenvalue weighted by Gasteiger charge is 2.14. The molecule has 1 nitrogen and oxygen atoms in total.